The second-order valence-corrected chi connectivity index (χ2v) is 7.89. The summed E-state index contributed by atoms with van der Waals surface area (Å²) in [6.45, 7) is 5.20. The summed E-state index contributed by atoms with van der Waals surface area (Å²) in [4.78, 5) is 0. The number of unbranched alkanes of at least 4 members (excludes halogenated alkanes) is 1. The second kappa shape index (κ2) is 7.27. The minimum Gasteiger partial charge on any atom is -0.370 e. The molecule has 1 atom stereocenters. The Morgan fingerprint density at radius 2 is 2.00 bits per heavy atom. The topological polar surface area (TPSA) is 72.9 Å². The Labute approximate surface area is 168 Å². The van der Waals surface area contributed by atoms with Gasteiger partial charge in [-0.1, -0.05) is 35.3 Å². The van der Waals surface area contributed by atoms with E-state index in [0.717, 1.165) is 46.6 Å². The van der Waals surface area contributed by atoms with E-state index in [0.29, 0.717) is 11.9 Å². The molecule has 1 fully saturated rings. The highest BCUT2D eigenvalue weighted by Gasteiger charge is 2.40. The summed E-state index contributed by atoms with van der Waals surface area (Å²) >= 11 is 3.59. The van der Waals surface area contributed by atoms with Crippen molar-refractivity contribution in [1.82, 2.24) is 15.8 Å². The summed E-state index contributed by atoms with van der Waals surface area (Å²) in [7, 11) is 0. The summed E-state index contributed by atoms with van der Waals surface area (Å²) in [5, 5.41) is 17.1. The SMILES string of the molecule is CCCCNC(=N)c1ccc(NC2=C3NN3C(C)c3ccc(Br)cc32)cc1. The van der Waals surface area contributed by atoms with Gasteiger partial charge in [0.2, 0.25) is 0 Å². The predicted molar refractivity (Wildman–Crippen MR) is 114 cm³/mol. The number of fused-ring (bicyclic) bond motifs is 2. The van der Waals surface area contributed by atoms with E-state index in [-0.39, 0.29) is 0 Å². The highest BCUT2D eigenvalue weighted by molar-refractivity contribution is 9.10. The largest absolute Gasteiger partial charge is 0.370 e. The van der Waals surface area contributed by atoms with Crippen LogP contribution >= 0.6 is 15.9 Å². The molecular weight excluding hydrogens is 402 g/mol. The van der Waals surface area contributed by atoms with Crippen molar-refractivity contribution >= 4 is 33.1 Å². The van der Waals surface area contributed by atoms with E-state index in [4.69, 9.17) is 5.41 Å². The molecule has 27 heavy (non-hydrogen) atoms. The number of nitrogens with one attached hydrogen (secondary N) is 4. The molecule has 2 heterocycles. The summed E-state index contributed by atoms with van der Waals surface area (Å²) in [5.74, 6) is 1.61. The first kappa shape index (κ1) is 17.9. The number of hydrazine groups is 1. The number of hydrogen-bond donors (Lipinski definition) is 4. The minimum absolute atomic E-state index is 0.325. The van der Waals surface area contributed by atoms with Gasteiger partial charge in [0, 0.05) is 27.8 Å². The number of rotatable bonds is 6. The second-order valence-electron chi connectivity index (χ2n) is 6.97. The van der Waals surface area contributed by atoms with Gasteiger partial charge in [-0.05, 0) is 55.3 Å². The highest BCUT2D eigenvalue weighted by Crippen LogP contribution is 2.44. The van der Waals surface area contributed by atoms with Crippen LogP contribution in [-0.4, -0.2) is 17.4 Å². The number of halogens is 1. The molecule has 5 nitrogen and oxygen atoms in total. The molecule has 0 aliphatic carbocycles. The van der Waals surface area contributed by atoms with Crippen LogP contribution in [-0.2, 0) is 0 Å². The summed E-state index contributed by atoms with van der Waals surface area (Å²) in [6.07, 6.45) is 2.21. The van der Waals surface area contributed by atoms with Crippen LogP contribution in [0, 0.1) is 5.41 Å². The van der Waals surface area contributed by atoms with Crippen LogP contribution in [0.2, 0.25) is 0 Å². The van der Waals surface area contributed by atoms with Crippen molar-refractivity contribution in [1.29, 1.82) is 5.41 Å². The van der Waals surface area contributed by atoms with Crippen LogP contribution in [0.5, 0.6) is 0 Å². The van der Waals surface area contributed by atoms with Crippen molar-refractivity contribution in [3.63, 3.8) is 0 Å². The van der Waals surface area contributed by atoms with Crippen LogP contribution in [0.4, 0.5) is 5.69 Å². The first-order chi connectivity index (χ1) is 13.1. The van der Waals surface area contributed by atoms with Crippen molar-refractivity contribution in [3.8, 4) is 0 Å². The fourth-order valence-corrected chi connectivity index (χ4v) is 3.78. The molecule has 1 saturated heterocycles. The molecule has 0 amide bonds. The molecule has 2 aromatic rings. The third-order valence-electron chi connectivity index (χ3n) is 5.05. The lowest BCUT2D eigenvalue weighted by molar-refractivity contribution is 0.416. The van der Waals surface area contributed by atoms with Crippen molar-refractivity contribution in [2.75, 3.05) is 11.9 Å². The molecule has 0 bridgehead atoms. The van der Waals surface area contributed by atoms with Crippen LogP contribution in [0.3, 0.4) is 0 Å². The maximum Gasteiger partial charge on any atom is 0.165 e. The number of benzene rings is 2. The van der Waals surface area contributed by atoms with E-state index in [1.165, 1.54) is 11.1 Å². The summed E-state index contributed by atoms with van der Waals surface area (Å²) in [6, 6.07) is 14.8. The molecule has 2 aliphatic rings. The molecule has 0 spiro atoms. The Morgan fingerprint density at radius 1 is 1.22 bits per heavy atom. The van der Waals surface area contributed by atoms with Crippen LogP contribution in [0.15, 0.2) is 52.8 Å². The van der Waals surface area contributed by atoms with E-state index in [2.05, 4.69) is 69.0 Å². The average Bonchev–Trinajstić information content (AvgIpc) is 3.47. The number of amidine groups is 1. The standard InChI is InChI=1S/C21H24BrN5/c1-3-4-11-24-20(23)14-5-8-16(9-6-14)25-19-18-12-15(22)7-10-17(18)13(2)27-21(19)26-27/h5-10,12-13,25-26H,3-4,11H2,1-2H3,(H2,23,24). The normalized spacial score (nSPS) is 17.0. The summed E-state index contributed by atoms with van der Waals surface area (Å²) in [5.41, 5.74) is 8.88. The molecule has 2 aliphatic heterocycles. The van der Waals surface area contributed by atoms with Crippen molar-refractivity contribution in [3.05, 3.63) is 69.4 Å². The third-order valence-corrected chi connectivity index (χ3v) is 5.54. The maximum absolute atomic E-state index is 8.15. The molecule has 2 aromatic carbocycles. The van der Waals surface area contributed by atoms with Gasteiger partial charge in [-0.2, -0.15) is 0 Å². The lowest BCUT2D eigenvalue weighted by Gasteiger charge is -2.23. The molecule has 4 rings (SSSR count). The van der Waals surface area contributed by atoms with Crippen molar-refractivity contribution < 1.29 is 0 Å². The highest BCUT2D eigenvalue weighted by atomic mass is 79.9. The monoisotopic (exact) mass is 425 g/mol. The van der Waals surface area contributed by atoms with Gasteiger partial charge < -0.3 is 10.6 Å². The van der Waals surface area contributed by atoms with Gasteiger partial charge in [-0.3, -0.25) is 15.8 Å². The lowest BCUT2D eigenvalue weighted by atomic mass is 9.96. The van der Waals surface area contributed by atoms with E-state index in [1.54, 1.807) is 0 Å². The molecule has 0 aromatic heterocycles. The van der Waals surface area contributed by atoms with Crippen LogP contribution in [0.25, 0.3) is 5.70 Å². The Hall–Kier alpha value is -2.47. The number of hydrogen-bond acceptors (Lipinski definition) is 4. The predicted octanol–water partition coefficient (Wildman–Crippen LogP) is 4.80. The van der Waals surface area contributed by atoms with Gasteiger partial charge in [0.05, 0.1) is 11.7 Å². The van der Waals surface area contributed by atoms with E-state index in [9.17, 15) is 0 Å². The first-order valence-corrected chi connectivity index (χ1v) is 10.2. The molecule has 140 valence electrons. The quantitative estimate of drug-likeness (QED) is 0.232. The Balaban J connectivity index is 1.53. The molecule has 0 saturated carbocycles. The van der Waals surface area contributed by atoms with E-state index >= 15 is 0 Å². The molecule has 0 radical (unpaired) electrons. The zero-order valence-corrected chi connectivity index (χ0v) is 17.2. The van der Waals surface area contributed by atoms with E-state index < -0.39 is 0 Å². The number of anilines is 1. The van der Waals surface area contributed by atoms with Gasteiger partial charge in [0.1, 0.15) is 5.84 Å². The van der Waals surface area contributed by atoms with Crippen molar-refractivity contribution in [2.24, 2.45) is 0 Å². The first-order valence-electron chi connectivity index (χ1n) is 9.38. The fourth-order valence-electron chi connectivity index (χ4n) is 3.42. The number of nitrogens with zero attached hydrogens (tertiary/aromatic N) is 1. The summed E-state index contributed by atoms with van der Waals surface area (Å²) < 4.78 is 1.07. The lowest BCUT2D eigenvalue weighted by Crippen LogP contribution is -2.24. The minimum atomic E-state index is 0.325. The molecule has 1 unspecified atom stereocenters. The van der Waals surface area contributed by atoms with Gasteiger partial charge in [-0.15, -0.1) is 0 Å². The van der Waals surface area contributed by atoms with Gasteiger partial charge in [0.15, 0.2) is 5.82 Å². The Kier molecular flexibility index (Phi) is 4.83. The van der Waals surface area contributed by atoms with Crippen LogP contribution < -0.4 is 16.1 Å². The van der Waals surface area contributed by atoms with E-state index in [1.807, 2.05) is 24.3 Å². The zero-order chi connectivity index (χ0) is 19.0. The Bertz CT molecular complexity index is 903. The van der Waals surface area contributed by atoms with Gasteiger partial charge >= 0.3 is 0 Å². The zero-order valence-electron chi connectivity index (χ0n) is 15.6. The van der Waals surface area contributed by atoms with Crippen LogP contribution in [0.1, 0.15) is 49.4 Å². The average molecular weight is 426 g/mol. The fraction of sp³-hybridized carbons (Fsp3) is 0.286. The third kappa shape index (κ3) is 3.54. The van der Waals surface area contributed by atoms with Gasteiger partial charge in [-0.25, -0.2) is 0 Å². The smallest absolute Gasteiger partial charge is 0.165 e. The van der Waals surface area contributed by atoms with Crippen molar-refractivity contribution in [2.45, 2.75) is 32.7 Å². The maximum atomic E-state index is 8.15. The molecule has 6 heteroatoms. The van der Waals surface area contributed by atoms with Gasteiger partial charge in [0.25, 0.3) is 0 Å². The molecule has 4 N–H and O–H groups in total. The Morgan fingerprint density at radius 3 is 2.74 bits per heavy atom. The molecular formula is C21H24BrN5.